The predicted molar refractivity (Wildman–Crippen MR) is 85.2 cm³/mol. The summed E-state index contributed by atoms with van der Waals surface area (Å²) in [6.07, 6.45) is 1.75. The molecule has 0 N–H and O–H groups in total. The normalized spacial score (nSPS) is 11.4. The van der Waals surface area contributed by atoms with Crippen molar-refractivity contribution in [2.75, 3.05) is 5.75 Å². The highest BCUT2D eigenvalue weighted by molar-refractivity contribution is 7.99. The predicted octanol–water partition coefficient (Wildman–Crippen LogP) is 4.15. The zero-order valence-electron chi connectivity index (χ0n) is 12.4. The number of rotatable bonds is 7. The summed E-state index contributed by atoms with van der Waals surface area (Å²) in [5.41, 5.74) is 2.24. The molecule has 1 aromatic carbocycles. The van der Waals surface area contributed by atoms with E-state index in [0.717, 1.165) is 29.4 Å². The molecule has 0 fully saturated rings. The fraction of sp³-hybridized carbons (Fsp3) is 0.500. The number of aryl methyl sites for hydroxylation is 1. The third-order valence-electron chi connectivity index (χ3n) is 3.23. The van der Waals surface area contributed by atoms with Crippen molar-refractivity contribution in [1.82, 2.24) is 9.55 Å². The lowest BCUT2D eigenvalue weighted by atomic mass is 10.1. The van der Waals surface area contributed by atoms with Crippen LogP contribution in [-0.2, 0) is 11.3 Å². The van der Waals surface area contributed by atoms with Crippen molar-refractivity contribution < 1.29 is 4.79 Å². The van der Waals surface area contributed by atoms with Crippen molar-refractivity contribution in [3.05, 3.63) is 24.3 Å². The average molecular weight is 290 g/mol. The van der Waals surface area contributed by atoms with Gasteiger partial charge < -0.3 is 4.57 Å². The van der Waals surface area contributed by atoms with Gasteiger partial charge >= 0.3 is 0 Å². The van der Waals surface area contributed by atoms with Gasteiger partial charge in [0.1, 0.15) is 5.78 Å². The molecule has 0 unspecified atom stereocenters. The fourth-order valence-corrected chi connectivity index (χ4v) is 3.13. The number of Topliss-reactive ketones (excluding diaryl/α,β-unsaturated/α-hetero) is 1. The van der Waals surface area contributed by atoms with Crippen LogP contribution in [0.25, 0.3) is 11.0 Å². The second-order valence-electron chi connectivity index (χ2n) is 5.52. The Bertz CT molecular complexity index is 589. The highest BCUT2D eigenvalue weighted by Gasteiger charge is 2.11. The summed E-state index contributed by atoms with van der Waals surface area (Å²) in [4.78, 5) is 15.8. The molecule has 0 atom stereocenters. The van der Waals surface area contributed by atoms with Gasteiger partial charge in [-0.25, -0.2) is 4.98 Å². The van der Waals surface area contributed by atoms with E-state index in [1.807, 2.05) is 6.07 Å². The lowest BCUT2D eigenvalue weighted by Crippen LogP contribution is -2.03. The molecule has 0 aliphatic rings. The molecule has 1 aromatic heterocycles. The molecule has 0 radical (unpaired) electrons. The van der Waals surface area contributed by atoms with E-state index in [1.165, 1.54) is 5.52 Å². The number of aromatic nitrogens is 2. The summed E-state index contributed by atoms with van der Waals surface area (Å²) in [5, 5.41) is 1.04. The van der Waals surface area contributed by atoms with Gasteiger partial charge in [0.25, 0.3) is 0 Å². The first-order chi connectivity index (χ1) is 9.58. The molecule has 0 spiro atoms. The molecule has 0 saturated carbocycles. The molecule has 0 amide bonds. The van der Waals surface area contributed by atoms with Gasteiger partial charge in [-0.2, -0.15) is 0 Å². The van der Waals surface area contributed by atoms with Gasteiger partial charge in [-0.3, -0.25) is 4.79 Å². The second kappa shape index (κ2) is 6.93. The molecule has 2 aromatic rings. The molecule has 108 valence electrons. The van der Waals surface area contributed by atoms with E-state index in [4.69, 9.17) is 4.98 Å². The number of para-hydroxylation sites is 2. The standard InChI is InChI=1S/C16H22N2OS/c1-12(2)8-10-18-15-7-5-4-6-14(15)17-16(18)20-11-9-13(3)19/h4-7,12H,8-11H2,1-3H3. The zero-order valence-corrected chi connectivity index (χ0v) is 13.2. The van der Waals surface area contributed by atoms with Crippen LogP contribution in [0.3, 0.4) is 0 Å². The lowest BCUT2D eigenvalue weighted by molar-refractivity contribution is -0.116. The van der Waals surface area contributed by atoms with E-state index in [0.29, 0.717) is 12.3 Å². The molecule has 0 aliphatic carbocycles. The van der Waals surface area contributed by atoms with E-state index >= 15 is 0 Å². The zero-order chi connectivity index (χ0) is 14.5. The number of hydrogen-bond acceptors (Lipinski definition) is 3. The minimum absolute atomic E-state index is 0.238. The van der Waals surface area contributed by atoms with Gasteiger partial charge in [-0.05, 0) is 31.4 Å². The van der Waals surface area contributed by atoms with E-state index in [9.17, 15) is 4.79 Å². The summed E-state index contributed by atoms with van der Waals surface area (Å²) >= 11 is 1.68. The molecular weight excluding hydrogens is 268 g/mol. The lowest BCUT2D eigenvalue weighted by Gasteiger charge is -2.10. The Morgan fingerprint density at radius 2 is 2.10 bits per heavy atom. The first-order valence-electron chi connectivity index (χ1n) is 7.15. The number of imidazole rings is 1. The van der Waals surface area contributed by atoms with Crippen molar-refractivity contribution >= 4 is 28.6 Å². The quantitative estimate of drug-likeness (QED) is 0.718. The number of carbonyl (C=O) groups is 1. The summed E-state index contributed by atoms with van der Waals surface area (Å²) in [7, 11) is 0. The van der Waals surface area contributed by atoms with Crippen LogP contribution in [0.15, 0.2) is 29.4 Å². The summed E-state index contributed by atoms with van der Waals surface area (Å²) in [6.45, 7) is 7.10. The van der Waals surface area contributed by atoms with Gasteiger partial charge in [0.15, 0.2) is 5.16 Å². The van der Waals surface area contributed by atoms with Gasteiger partial charge in [0.05, 0.1) is 11.0 Å². The molecule has 3 nitrogen and oxygen atoms in total. The third-order valence-corrected chi connectivity index (χ3v) is 4.21. The van der Waals surface area contributed by atoms with E-state index in [1.54, 1.807) is 18.7 Å². The number of hydrogen-bond donors (Lipinski definition) is 0. The van der Waals surface area contributed by atoms with Crippen LogP contribution in [0.4, 0.5) is 0 Å². The first-order valence-corrected chi connectivity index (χ1v) is 8.14. The molecule has 0 saturated heterocycles. The molecular formula is C16H22N2OS. The molecule has 1 heterocycles. The number of ketones is 1. The first kappa shape index (κ1) is 15.1. The summed E-state index contributed by atoms with van der Waals surface area (Å²) < 4.78 is 2.29. The number of nitrogens with zero attached hydrogens (tertiary/aromatic N) is 2. The van der Waals surface area contributed by atoms with Crippen LogP contribution in [0, 0.1) is 5.92 Å². The maximum atomic E-state index is 11.1. The number of thioether (sulfide) groups is 1. The summed E-state index contributed by atoms with van der Waals surface area (Å²) in [6, 6.07) is 8.25. The Balaban J connectivity index is 2.21. The van der Waals surface area contributed by atoms with Gasteiger partial charge in [0.2, 0.25) is 0 Å². The monoisotopic (exact) mass is 290 g/mol. The van der Waals surface area contributed by atoms with Crippen molar-refractivity contribution in [2.45, 2.75) is 45.3 Å². The summed E-state index contributed by atoms with van der Waals surface area (Å²) in [5.74, 6) is 1.72. The van der Waals surface area contributed by atoms with Crippen LogP contribution >= 0.6 is 11.8 Å². The average Bonchev–Trinajstić information content (AvgIpc) is 2.73. The highest BCUT2D eigenvalue weighted by atomic mass is 32.2. The second-order valence-corrected chi connectivity index (χ2v) is 6.58. The van der Waals surface area contributed by atoms with E-state index < -0.39 is 0 Å². The van der Waals surface area contributed by atoms with Crippen molar-refractivity contribution in [3.8, 4) is 0 Å². The van der Waals surface area contributed by atoms with Crippen molar-refractivity contribution in [3.63, 3.8) is 0 Å². The Morgan fingerprint density at radius 3 is 2.80 bits per heavy atom. The molecule has 0 bridgehead atoms. The van der Waals surface area contributed by atoms with Crippen LogP contribution < -0.4 is 0 Å². The molecule has 4 heteroatoms. The number of fused-ring (bicyclic) bond motifs is 1. The van der Waals surface area contributed by atoms with Gasteiger partial charge in [0, 0.05) is 18.7 Å². The maximum Gasteiger partial charge on any atom is 0.169 e. The van der Waals surface area contributed by atoms with Crippen LogP contribution in [0.2, 0.25) is 0 Å². The Morgan fingerprint density at radius 1 is 1.35 bits per heavy atom. The number of benzene rings is 1. The van der Waals surface area contributed by atoms with Gasteiger partial charge in [-0.15, -0.1) is 0 Å². The van der Waals surface area contributed by atoms with Crippen LogP contribution in [-0.4, -0.2) is 21.1 Å². The Hall–Kier alpha value is -1.29. The fourth-order valence-electron chi connectivity index (χ4n) is 2.05. The smallest absolute Gasteiger partial charge is 0.169 e. The minimum atomic E-state index is 0.238. The maximum absolute atomic E-state index is 11.1. The minimum Gasteiger partial charge on any atom is -0.319 e. The largest absolute Gasteiger partial charge is 0.319 e. The van der Waals surface area contributed by atoms with Crippen LogP contribution in [0.5, 0.6) is 0 Å². The molecule has 20 heavy (non-hydrogen) atoms. The Kier molecular flexibility index (Phi) is 5.24. The van der Waals surface area contributed by atoms with Crippen LogP contribution in [0.1, 0.15) is 33.6 Å². The van der Waals surface area contributed by atoms with E-state index in [2.05, 4.69) is 36.6 Å². The van der Waals surface area contributed by atoms with Gasteiger partial charge in [-0.1, -0.05) is 37.7 Å². The topological polar surface area (TPSA) is 34.9 Å². The van der Waals surface area contributed by atoms with E-state index in [-0.39, 0.29) is 5.78 Å². The van der Waals surface area contributed by atoms with Crippen molar-refractivity contribution in [1.29, 1.82) is 0 Å². The van der Waals surface area contributed by atoms with Crippen molar-refractivity contribution in [2.24, 2.45) is 5.92 Å². The number of carbonyl (C=O) groups excluding carboxylic acids is 1. The SMILES string of the molecule is CC(=O)CCSc1nc2ccccc2n1CCC(C)C. The highest BCUT2D eigenvalue weighted by Crippen LogP contribution is 2.25. The molecule has 0 aliphatic heterocycles. The third kappa shape index (κ3) is 3.85. The Labute approximate surface area is 124 Å². The molecule has 2 rings (SSSR count).